The lowest BCUT2D eigenvalue weighted by Gasteiger charge is -2.40. The minimum atomic E-state index is 0. The Labute approximate surface area is 175 Å². The molecule has 2 saturated heterocycles. The van der Waals surface area contributed by atoms with Gasteiger partial charge in [0, 0.05) is 55.1 Å². The molecule has 0 bridgehead atoms. The predicted molar refractivity (Wildman–Crippen MR) is 113 cm³/mol. The van der Waals surface area contributed by atoms with E-state index in [2.05, 4.69) is 20.5 Å². The molecule has 1 unspecified atom stereocenters. The van der Waals surface area contributed by atoms with Gasteiger partial charge in [-0.1, -0.05) is 29.3 Å². The van der Waals surface area contributed by atoms with Gasteiger partial charge in [-0.25, -0.2) is 0 Å². The number of nitrogens with one attached hydrogen (secondary N) is 2. The minimum absolute atomic E-state index is 0. The zero-order valence-electron chi connectivity index (χ0n) is 14.1. The second-order valence-corrected chi connectivity index (χ2v) is 7.46. The number of carbonyl (C=O) groups is 1. The number of nitrogens with zero attached hydrogens (tertiary/aromatic N) is 2. The Morgan fingerprint density at radius 3 is 2.88 bits per heavy atom. The van der Waals surface area contributed by atoms with Gasteiger partial charge in [0.05, 0.1) is 0 Å². The van der Waals surface area contributed by atoms with E-state index in [-0.39, 0.29) is 35.3 Å². The van der Waals surface area contributed by atoms with Crippen molar-refractivity contribution in [3.05, 3.63) is 33.8 Å². The quantitative estimate of drug-likeness (QED) is 0.375. The second kappa shape index (κ2) is 8.77. The van der Waals surface area contributed by atoms with E-state index < -0.39 is 0 Å². The van der Waals surface area contributed by atoms with E-state index in [1.165, 1.54) is 0 Å². The zero-order chi connectivity index (χ0) is 17.2. The van der Waals surface area contributed by atoms with Gasteiger partial charge < -0.3 is 15.5 Å². The molecule has 8 heteroatoms. The fourth-order valence-corrected chi connectivity index (χ4v) is 4.08. The molecule has 1 aromatic rings. The van der Waals surface area contributed by atoms with E-state index >= 15 is 0 Å². The lowest BCUT2D eigenvalue weighted by molar-refractivity contribution is -0.119. The number of hydrogen-bond acceptors (Lipinski definition) is 2. The molecule has 1 aromatic carbocycles. The van der Waals surface area contributed by atoms with Crippen LogP contribution in [0.3, 0.4) is 0 Å². The van der Waals surface area contributed by atoms with Gasteiger partial charge in [0.1, 0.15) is 0 Å². The number of guanidine groups is 1. The Morgan fingerprint density at radius 1 is 1.44 bits per heavy atom. The molecular weight excluding hydrogens is 474 g/mol. The van der Waals surface area contributed by atoms with Crippen LogP contribution in [0.5, 0.6) is 0 Å². The number of piperidine rings is 1. The molecule has 2 heterocycles. The van der Waals surface area contributed by atoms with Crippen LogP contribution in [0.1, 0.15) is 24.8 Å². The number of benzene rings is 1. The lowest BCUT2D eigenvalue weighted by Crippen LogP contribution is -2.51. The van der Waals surface area contributed by atoms with E-state index in [0.717, 1.165) is 44.0 Å². The fourth-order valence-electron chi connectivity index (χ4n) is 3.60. The molecule has 1 amide bonds. The van der Waals surface area contributed by atoms with Crippen molar-refractivity contribution >= 4 is 59.0 Å². The van der Waals surface area contributed by atoms with Crippen molar-refractivity contribution in [2.24, 2.45) is 10.4 Å². The molecule has 1 atom stereocenters. The summed E-state index contributed by atoms with van der Waals surface area (Å²) in [4.78, 5) is 18.3. The predicted octanol–water partition coefficient (Wildman–Crippen LogP) is 3.29. The first-order valence-corrected chi connectivity index (χ1v) is 8.93. The monoisotopic (exact) mass is 496 g/mol. The van der Waals surface area contributed by atoms with Crippen LogP contribution in [-0.4, -0.2) is 43.4 Å². The summed E-state index contributed by atoms with van der Waals surface area (Å²) < 4.78 is 0. The summed E-state index contributed by atoms with van der Waals surface area (Å²) in [6.07, 6.45) is 2.77. The van der Waals surface area contributed by atoms with Crippen LogP contribution < -0.4 is 10.6 Å². The van der Waals surface area contributed by atoms with Gasteiger partial charge in [0.25, 0.3) is 0 Å². The Hall–Kier alpha value is -0.730. The van der Waals surface area contributed by atoms with Gasteiger partial charge in [-0.3, -0.25) is 9.79 Å². The standard InChI is InChI=1S/C17H22Cl2N4O.HI/c1-20-16(21-9-12-3-4-13(18)7-14(12)19)23-6-2-5-17(11-23)8-15(24)22-10-17;/h3-4,7H,2,5-6,8-11H2,1H3,(H,20,21)(H,22,24);1H. The number of hydrogen-bond donors (Lipinski definition) is 2. The Morgan fingerprint density at radius 2 is 2.24 bits per heavy atom. The average Bonchev–Trinajstić information content (AvgIpc) is 2.90. The number of likely N-dealkylation sites (tertiary alicyclic amines) is 1. The minimum Gasteiger partial charge on any atom is -0.355 e. The van der Waals surface area contributed by atoms with Crippen LogP contribution in [0, 0.1) is 5.41 Å². The maximum atomic E-state index is 11.6. The number of amides is 1. The summed E-state index contributed by atoms with van der Waals surface area (Å²) in [7, 11) is 1.78. The van der Waals surface area contributed by atoms with Crippen LogP contribution in [0.2, 0.25) is 10.0 Å². The third-order valence-corrected chi connectivity index (χ3v) is 5.41. The highest BCUT2D eigenvalue weighted by atomic mass is 127. The molecule has 3 rings (SSSR count). The van der Waals surface area contributed by atoms with Crippen LogP contribution in [0.25, 0.3) is 0 Å². The van der Waals surface area contributed by atoms with Crippen molar-refractivity contribution in [1.29, 1.82) is 0 Å². The second-order valence-electron chi connectivity index (χ2n) is 6.62. The molecule has 0 saturated carbocycles. The van der Waals surface area contributed by atoms with Crippen LogP contribution in [0.4, 0.5) is 0 Å². The number of rotatable bonds is 2. The summed E-state index contributed by atoms with van der Waals surface area (Å²) in [6.45, 7) is 3.15. The average molecular weight is 497 g/mol. The van der Waals surface area contributed by atoms with E-state index in [0.29, 0.717) is 23.0 Å². The molecule has 2 fully saturated rings. The first kappa shape index (κ1) is 20.6. The molecule has 5 nitrogen and oxygen atoms in total. The lowest BCUT2D eigenvalue weighted by atomic mass is 9.79. The van der Waals surface area contributed by atoms with Gasteiger partial charge in [0.15, 0.2) is 5.96 Å². The topological polar surface area (TPSA) is 56.7 Å². The largest absolute Gasteiger partial charge is 0.355 e. The SMILES string of the molecule is CN=C(NCc1ccc(Cl)cc1Cl)N1CCCC2(CNC(=O)C2)C1.I. The van der Waals surface area contributed by atoms with Crippen molar-refractivity contribution < 1.29 is 4.79 Å². The van der Waals surface area contributed by atoms with Crippen molar-refractivity contribution in [2.75, 3.05) is 26.7 Å². The fraction of sp³-hybridized carbons (Fsp3) is 0.529. The summed E-state index contributed by atoms with van der Waals surface area (Å²) in [5.74, 6) is 1.01. The van der Waals surface area contributed by atoms with Gasteiger partial charge in [-0.15, -0.1) is 24.0 Å². The van der Waals surface area contributed by atoms with Gasteiger partial charge in [-0.05, 0) is 30.5 Å². The van der Waals surface area contributed by atoms with E-state index in [1.54, 1.807) is 13.1 Å². The molecular formula is C17H23Cl2IN4O. The maximum Gasteiger partial charge on any atom is 0.220 e. The van der Waals surface area contributed by atoms with Crippen molar-refractivity contribution in [2.45, 2.75) is 25.8 Å². The molecule has 2 aliphatic rings. The van der Waals surface area contributed by atoms with Crippen molar-refractivity contribution in [3.63, 3.8) is 0 Å². The van der Waals surface area contributed by atoms with E-state index in [9.17, 15) is 4.79 Å². The van der Waals surface area contributed by atoms with Gasteiger partial charge >= 0.3 is 0 Å². The van der Waals surface area contributed by atoms with Crippen LogP contribution >= 0.6 is 47.2 Å². The maximum absolute atomic E-state index is 11.6. The molecule has 0 radical (unpaired) electrons. The first-order chi connectivity index (χ1) is 11.5. The zero-order valence-corrected chi connectivity index (χ0v) is 18.0. The third kappa shape index (κ3) is 4.92. The highest BCUT2D eigenvalue weighted by Gasteiger charge is 2.42. The molecule has 2 N–H and O–H groups in total. The third-order valence-electron chi connectivity index (χ3n) is 4.82. The molecule has 138 valence electrons. The summed E-state index contributed by atoms with van der Waals surface area (Å²) in [5.41, 5.74) is 1.02. The summed E-state index contributed by atoms with van der Waals surface area (Å²) in [6, 6.07) is 5.50. The molecule has 25 heavy (non-hydrogen) atoms. The highest BCUT2D eigenvalue weighted by molar-refractivity contribution is 14.0. The van der Waals surface area contributed by atoms with Gasteiger partial charge in [-0.2, -0.15) is 0 Å². The first-order valence-electron chi connectivity index (χ1n) is 8.18. The summed E-state index contributed by atoms with van der Waals surface area (Å²) in [5, 5.41) is 7.62. The smallest absolute Gasteiger partial charge is 0.220 e. The Balaban J connectivity index is 0.00000225. The number of aliphatic imine (C=N–C) groups is 1. The molecule has 1 spiro atoms. The van der Waals surface area contributed by atoms with Crippen molar-refractivity contribution in [3.8, 4) is 0 Å². The summed E-state index contributed by atoms with van der Waals surface area (Å²) >= 11 is 12.2. The highest BCUT2D eigenvalue weighted by Crippen LogP contribution is 2.36. The molecule has 0 aromatic heterocycles. The van der Waals surface area contributed by atoms with Crippen molar-refractivity contribution in [1.82, 2.24) is 15.5 Å². The van der Waals surface area contributed by atoms with Crippen LogP contribution in [0.15, 0.2) is 23.2 Å². The molecule has 0 aliphatic carbocycles. The Kier molecular flexibility index (Phi) is 7.22. The van der Waals surface area contributed by atoms with Gasteiger partial charge in [0.2, 0.25) is 5.91 Å². The number of carbonyl (C=O) groups excluding carboxylic acids is 1. The van der Waals surface area contributed by atoms with E-state index in [4.69, 9.17) is 23.2 Å². The van der Waals surface area contributed by atoms with Crippen LogP contribution in [-0.2, 0) is 11.3 Å². The number of halogens is 3. The molecule has 2 aliphatic heterocycles. The normalized spacial score (nSPS) is 23.4. The Bertz CT molecular complexity index is 670. The van der Waals surface area contributed by atoms with E-state index in [1.807, 2.05) is 12.1 Å².